The van der Waals surface area contributed by atoms with E-state index in [-0.39, 0.29) is 24.5 Å². The number of rotatable bonds is 7. The van der Waals surface area contributed by atoms with Crippen LogP contribution in [-0.2, 0) is 14.3 Å². The Morgan fingerprint density at radius 1 is 1.30 bits per heavy atom. The summed E-state index contributed by atoms with van der Waals surface area (Å²) in [6.45, 7) is 8.77. The number of amides is 2. The molecule has 0 aromatic carbocycles. The highest BCUT2D eigenvalue weighted by atomic mass is 16.5. The summed E-state index contributed by atoms with van der Waals surface area (Å²) in [4.78, 5) is 25.5. The molecule has 1 aliphatic rings. The van der Waals surface area contributed by atoms with Gasteiger partial charge in [0.15, 0.2) is 0 Å². The fourth-order valence-corrected chi connectivity index (χ4v) is 2.31. The number of hydrogen-bond acceptors (Lipinski definition) is 4. The van der Waals surface area contributed by atoms with Crippen molar-refractivity contribution in [3.63, 3.8) is 0 Å². The minimum atomic E-state index is -0.501. The van der Waals surface area contributed by atoms with Crippen LogP contribution >= 0.6 is 0 Å². The standard InChI is InChI=1S/C14H27N3O3/c1-4-17(5-2)14(19)11(3)16-13(18)10-20-12-6-8-15-9-7-12/h11-12,15H,4-10H2,1-3H3,(H,16,18). The van der Waals surface area contributed by atoms with Crippen LogP contribution < -0.4 is 10.6 Å². The van der Waals surface area contributed by atoms with E-state index in [1.54, 1.807) is 11.8 Å². The normalized spacial score (nSPS) is 17.6. The Labute approximate surface area is 121 Å². The third-order valence-electron chi connectivity index (χ3n) is 3.56. The lowest BCUT2D eigenvalue weighted by Crippen LogP contribution is -2.48. The Hall–Kier alpha value is -1.14. The van der Waals surface area contributed by atoms with Gasteiger partial charge >= 0.3 is 0 Å². The minimum absolute atomic E-state index is 0.0283. The maximum atomic E-state index is 12.0. The number of carbonyl (C=O) groups excluding carboxylic acids is 2. The second-order valence-corrected chi connectivity index (χ2v) is 5.06. The van der Waals surface area contributed by atoms with Gasteiger partial charge in [-0.1, -0.05) is 0 Å². The van der Waals surface area contributed by atoms with Gasteiger partial charge in [0.1, 0.15) is 12.6 Å². The third-order valence-corrected chi connectivity index (χ3v) is 3.56. The molecule has 1 aliphatic heterocycles. The SMILES string of the molecule is CCN(CC)C(=O)C(C)NC(=O)COC1CCNCC1. The molecule has 0 spiro atoms. The first kappa shape index (κ1) is 16.9. The summed E-state index contributed by atoms with van der Waals surface area (Å²) in [6.07, 6.45) is 2.01. The zero-order chi connectivity index (χ0) is 15.0. The van der Waals surface area contributed by atoms with Gasteiger partial charge in [-0.2, -0.15) is 0 Å². The first-order valence-corrected chi connectivity index (χ1v) is 7.48. The Kier molecular flexibility index (Phi) is 7.54. The van der Waals surface area contributed by atoms with Gasteiger partial charge in [0.25, 0.3) is 0 Å². The van der Waals surface area contributed by atoms with E-state index in [0.717, 1.165) is 25.9 Å². The van der Waals surface area contributed by atoms with Crippen molar-refractivity contribution in [2.24, 2.45) is 0 Å². The predicted octanol–water partition coefficient (Wildman–Crippen LogP) is 0.128. The molecule has 0 aromatic rings. The van der Waals surface area contributed by atoms with Gasteiger partial charge < -0.3 is 20.3 Å². The summed E-state index contributed by atoms with van der Waals surface area (Å²) in [6, 6.07) is -0.501. The lowest BCUT2D eigenvalue weighted by molar-refractivity contribution is -0.137. The quantitative estimate of drug-likeness (QED) is 0.697. The van der Waals surface area contributed by atoms with Crippen LogP contribution in [0.3, 0.4) is 0 Å². The summed E-state index contributed by atoms with van der Waals surface area (Å²) in [5, 5.41) is 5.94. The molecule has 2 N–H and O–H groups in total. The molecule has 1 rings (SSSR count). The number of nitrogens with zero attached hydrogens (tertiary/aromatic N) is 1. The number of piperidine rings is 1. The summed E-state index contributed by atoms with van der Waals surface area (Å²) in [5.41, 5.74) is 0. The van der Waals surface area contributed by atoms with Gasteiger partial charge in [0, 0.05) is 13.1 Å². The van der Waals surface area contributed by atoms with E-state index in [1.165, 1.54) is 0 Å². The molecule has 116 valence electrons. The van der Waals surface area contributed by atoms with Gasteiger partial charge in [0.2, 0.25) is 11.8 Å². The first-order valence-electron chi connectivity index (χ1n) is 7.48. The highest BCUT2D eigenvalue weighted by Crippen LogP contribution is 2.06. The summed E-state index contributed by atoms with van der Waals surface area (Å²) >= 11 is 0. The summed E-state index contributed by atoms with van der Waals surface area (Å²) in [5.74, 6) is -0.276. The first-order chi connectivity index (χ1) is 9.58. The highest BCUT2D eigenvalue weighted by Gasteiger charge is 2.21. The monoisotopic (exact) mass is 285 g/mol. The zero-order valence-electron chi connectivity index (χ0n) is 12.8. The topological polar surface area (TPSA) is 70.7 Å². The number of likely N-dealkylation sites (N-methyl/N-ethyl adjacent to an activating group) is 1. The third kappa shape index (κ3) is 5.46. The zero-order valence-corrected chi connectivity index (χ0v) is 12.8. The second kappa shape index (κ2) is 8.92. The molecule has 20 heavy (non-hydrogen) atoms. The minimum Gasteiger partial charge on any atom is -0.368 e. The van der Waals surface area contributed by atoms with E-state index in [4.69, 9.17) is 4.74 Å². The Bertz CT molecular complexity index is 313. The van der Waals surface area contributed by atoms with Crippen molar-refractivity contribution in [2.45, 2.75) is 45.8 Å². The van der Waals surface area contributed by atoms with Gasteiger partial charge in [-0.15, -0.1) is 0 Å². The molecular weight excluding hydrogens is 258 g/mol. The molecule has 0 aliphatic carbocycles. The molecule has 6 nitrogen and oxygen atoms in total. The molecule has 0 bridgehead atoms. The molecule has 2 amide bonds. The van der Waals surface area contributed by atoms with Crippen molar-refractivity contribution in [1.29, 1.82) is 0 Å². The highest BCUT2D eigenvalue weighted by molar-refractivity contribution is 5.87. The Morgan fingerprint density at radius 3 is 2.45 bits per heavy atom. The van der Waals surface area contributed by atoms with Crippen LogP contribution in [0.15, 0.2) is 0 Å². The van der Waals surface area contributed by atoms with Crippen LogP contribution in [0.5, 0.6) is 0 Å². The van der Waals surface area contributed by atoms with E-state index in [0.29, 0.717) is 13.1 Å². The molecule has 1 atom stereocenters. The van der Waals surface area contributed by atoms with E-state index in [9.17, 15) is 9.59 Å². The van der Waals surface area contributed by atoms with Crippen LogP contribution in [0.4, 0.5) is 0 Å². The predicted molar refractivity (Wildman–Crippen MR) is 77.4 cm³/mol. The van der Waals surface area contributed by atoms with E-state index < -0.39 is 6.04 Å². The van der Waals surface area contributed by atoms with Gasteiger partial charge in [-0.25, -0.2) is 0 Å². The summed E-state index contributed by atoms with van der Waals surface area (Å²) in [7, 11) is 0. The molecule has 0 radical (unpaired) electrons. The fraction of sp³-hybridized carbons (Fsp3) is 0.857. The van der Waals surface area contributed by atoms with Crippen molar-refractivity contribution >= 4 is 11.8 Å². The van der Waals surface area contributed by atoms with Crippen molar-refractivity contribution in [3.05, 3.63) is 0 Å². The van der Waals surface area contributed by atoms with Crippen LogP contribution in [0.2, 0.25) is 0 Å². The fourth-order valence-electron chi connectivity index (χ4n) is 2.31. The van der Waals surface area contributed by atoms with E-state index in [1.807, 2.05) is 13.8 Å². The molecule has 0 aromatic heterocycles. The van der Waals surface area contributed by atoms with Crippen LogP contribution in [0, 0.1) is 0 Å². The molecule has 1 fully saturated rings. The Balaban J connectivity index is 2.28. The van der Waals surface area contributed by atoms with Crippen molar-refractivity contribution in [3.8, 4) is 0 Å². The number of nitrogens with one attached hydrogen (secondary N) is 2. The molecule has 1 saturated heterocycles. The molecule has 6 heteroatoms. The molecular formula is C14H27N3O3. The average molecular weight is 285 g/mol. The largest absolute Gasteiger partial charge is 0.368 e. The maximum absolute atomic E-state index is 12.0. The van der Waals surface area contributed by atoms with Gasteiger partial charge in [-0.3, -0.25) is 9.59 Å². The number of hydrogen-bond donors (Lipinski definition) is 2. The second-order valence-electron chi connectivity index (χ2n) is 5.06. The van der Waals surface area contributed by atoms with Crippen LogP contribution in [0.25, 0.3) is 0 Å². The van der Waals surface area contributed by atoms with Gasteiger partial charge in [-0.05, 0) is 46.7 Å². The lowest BCUT2D eigenvalue weighted by Gasteiger charge is -2.25. The van der Waals surface area contributed by atoms with Crippen molar-refractivity contribution in [2.75, 3.05) is 32.8 Å². The Morgan fingerprint density at radius 2 is 1.90 bits per heavy atom. The maximum Gasteiger partial charge on any atom is 0.246 e. The van der Waals surface area contributed by atoms with E-state index in [2.05, 4.69) is 10.6 Å². The summed E-state index contributed by atoms with van der Waals surface area (Å²) < 4.78 is 5.56. The van der Waals surface area contributed by atoms with E-state index >= 15 is 0 Å². The van der Waals surface area contributed by atoms with Crippen molar-refractivity contribution < 1.29 is 14.3 Å². The lowest BCUT2D eigenvalue weighted by atomic mass is 10.1. The van der Waals surface area contributed by atoms with Crippen LogP contribution in [-0.4, -0.2) is 61.6 Å². The number of carbonyl (C=O) groups is 2. The van der Waals surface area contributed by atoms with Crippen molar-refractivity contribution in [1.82, 2.24) is 15.5 Å². The van der Waals surface area contributed by atoms with Gasteiger partial charge in [0.05, 0.1) is 6.10 Å². The molecule has 0 saturated carbocycles. The average Bonchev–Trinajstić information content (AvgIpc) is 2.47. The van der Waals surface area contributed by atoms with Crippen LogP contribution in [0.1, 0.15) is 33.6 Å². The number of ether oxygens (including phenoxy) is 1. The molecule has 1 heterocycles. The molecule has 1 unspecified atom stereocenters. The smallest absolute Gasteiger partial charge is 0.246 e.